The maximum absolute atomic E-state index is 12.5. The largest absolute Gasteiger partial charge is 0.457 e. The number of hydrogen-bond acceptors (Lipinski definition) is 8. The number of aromatic nitrogens is 3. The molecule has 0 unspecified atom stereocenters. The second kappa shape index (κ2) is 8.64. The lowest BCUT2D eigenvalue weighted by molar-refractivity contribution is -0.150. The van der Waals surface area contributed by atoms with Crippen LogP contribution in [0, 0.1) is 12.8 Å². The van der Waals surface area contributed by atoms with E-state index in [1.165, 1.54) is 0 Å². The van der Waals surface area contributed by atoms with Crippen molar-refractivity contribution in [1.82, 2.24) is 19.9 Å². The van der Waals surface area contributed by atoms with E-state index in [1.807, 2.05) is 36.1 Å². The van der Waals surface area contributed by atoms with Gasteiger partial charge < -0.3 is 20.7 Å². The lowest BCUT2D eigenvalue weighted by atomic mass is 10.1. The van der Waals surface area contributed by atoms with Gasteiger partial charge in [-0.1, -0.05) is 30.5 Å². The molecule has 2 fully saturated rings. The van der Waals surface area contributed by atoms with Crippen molar-refractivity contribution in [3.63, 3.8) is 0 Å². The normalized spacial score (nSPS) is 19.3. The highest BCUT2D eigenvalue weighted by atomic mass is 16.5. The van der Waals surface area contributed by atoms with E-state index in [9.17, 15) is 9.59 Å². The van der Waals surface area contributed by atoms with Crippen LogP contribution in [0.4, 0.5) is 17.6 Å². The standard InChI is InChI=1S/C21H26N6O3/c1-13-6-8-15(9-7-13)23-21-25-17(24-20(22)26-21)12-30-19(29)14-10-18(28)27(11-14)16-4-2-3-5-16/h6-9,14,16H,2-5,10-12H2,1H3,(H3,22,23,24,25,26)/t14-/m1/s1. The van der Waals surface area contributed by atoms with Gasteiger partial charge in [-0.05, 0) is 31.9 Å². The molecule has 1 atom stereocenters. The molecule has 30 heavy (non-hydrogen) atoms. The molecule has 1 saturated heterocycles. The summed E-state index contributed by atoms with van der Waals surface area (Å²) in [6.07, 6.45) is 4.53. The number of amides is 1. The van der Waals surface area contributed by atoms with Gasteiger partial charge in [0, 0.05) is 24.7 Å². The van der Waals surface area contributed by atoms with Crippen molar-refractivity contribution in [2.24, 2.45) is 5.92 Å². The monoisotopic (exact) mass is 410 g/mol. The molecule has 2 heterocycles. The summed E-state index contributed by atoms with van der Waals surface area (Å²) in [5, 5.41) is 3.06. The Hall–Kier alpha value is -3.23. The fourth-order valence-corrected chi connectivity index (χ4v) is 4.04. The summed E-state index contributed by atoms with van der Waals surface area (Å²) >= 11 is 0. The van der Waals surface area contributed by atoms with E-state index in [2.05, 4.69) is 20.3 Å². The third kappa shape index (κ3) is 4.67. The number of nitrogens with two attached hydrogens (primary N) is 1. The Morgan fingerprint density at radius 3 is 2.67 bits per heavy atom. The Bertz CT molecular complexity index is 927. The maximum atomic E-state index is 12.5. The van der Waals surface area contributed by atoms with Crippen molar-refractivity contribution in [2.45, 2.75) is 51.7 Å². The number of likely N-dealkylation sites (tertiary alicyclic amines) is 1. The Kier molecular flexibility index (Phi) is 5.78. The number of anilines is 3. The van der Waals surface area contributed by atoms with E-state index in [1.54, 1.807) is 0 Å². The first-order valence-electron chi connectivity index (χ1n) is 10.3. The number of carbonyl (C=O) groups excluding carboxylic acids is 2. The molecule has 1 aromatic carbocycles. The van der Waals surface area contributed by atoms with Gasteiger partial charge in [0.05, 0.1) is 5.92 Å². The van der Waals surface area contributed by atoms with Crippen LogP contribution in [-0.4, -0.2) is 44.3 Å². The van der Waals surface area contributed by atoms with Gasteiger partial charge in [0.25, 0.3) is 0 Å². The summed E-state index contributed by atoms with van der Waals surface area (Å²) < 4.78 is 5.39. The number of rotatable bonds is 6. The highest BCUT2D eigenvalue weighted by Gasteiger charge is 2.39. The van der Waals surface area contributed by atoms with Crippen molar-refractivity contribution in [2.75, 3.05) is 17.6 Å². The van der Waals surface area contributed by atoms with Crippen molar-refractivity contribution < 1.29 is 14.3 Å². The number of aryl methyl sites for hydroxylation is 1. The molecule has 1 saturated carbocycles. The Morgan fingerprint density at radius 2 is 1.93 bits per heavy atom. The minimum atomic E-state index is -0.442. The lowest BCUT2D eigenvalue weighted by Gasteiger charge is -2.23. The average molecular weight is 410 g/mol. The van der Waals surface area contributed by atoms with Crippen LogP contribution in [0.3, 0.4) is 0 Å². The number of ether oxygens (including phenoxy) is 1. The molecule has 0 bridgehead atoms. The summed E-state index contributed by atoms with van der Waals surface area (Å²) in [7, 11) is 0. The minimum absolute atomic E-state index is 0.0362. The lowest BCUT2D eigenvalue weighted by Crippen LogP contribution is -2.35. The summed E-state index contributed by atoms with van der Waals surface area (Å²) in [5.74, 6) is -0.242. The zero-order chi connectivity index (χ0) is 21.1. The Balaban J connectivity index is 1.35. The first kappa shape index (κ1) is 20.1. The summed E-state index contributed by atoms with van der Waals surface area (Å²) in [4.78, 5) is 39.0. The summed E-state index contributed by atoms with van der Waals surface area (Å²) in [6, 6.07) is 8.01. The molecule has 1 amide bonds. The number of nitrogens with zero attached hydrogens (tertiary/aromatic N) is 4. The van der Waals surface area contributed by atoms with Gasteiger partial charge >= 0.3 is 5.97 Å². The van der Waals surface area contributed by atoms with Crippen LogP contribution in [0.2, 0.25) is 0 Å². The first-order chi connectivity index (χ1) is 14.5. The molecule has 0 radical (unpaired) electrons. The van der Waals surface area contributed by atoms with Crippen LogP contribution in [0.15, 0.2) is 24.3 Å². The van der Waals surface area contributed by atoms with Gasteiger partial charge in [0.15, 0.2) is 12.4 Å². The van der Waals surface area contributed by atoms with Gasteiger partial charge in [-0.2, -0.15) is 15.0 Å². The quantitative estimate of drug-likeness (QED) is 0.696. The van der Waals surface area contributed by atoms with Gasteiger partial charge in [0.1, 0.15) is 0 Å². The zero-order valence-corrected chi connectivity index (χ0v) is 17.0. The molecule has 1 aliphatic carbocycles. The van der Waals surface area contributed by atoms with E-state index in [0.717, 1.165) is 36.9 Å². The number of carbonyl (C=O) groups is 2. The molecule has 1 aromatic heterocycles. The predicted octanol–water partition coefficient (Wildman–Crippen LogP) is 2.34. The third-order valence-corrected chi connectivity index (χ3v) is 5.61. The molecule has 3 N–H and O–H groups in total. The van der Waals surface area contributed by atoms with Crippen LogP contribution < -0.4 is 11.1 Å². The van der Waals surface area contributed by atoms with Crippen molar-refractivity contribution in [3.8, 4) is 0 Å². The molecule has 2 aliphatic rings. The van der Waals surface area contributed by atoms with Crippen molar-refractivity contribution >= 4 is 29.5 Å². The second-order valence-electron chi connectivity index (χ2n) is 7.92. The molecular weight excluding hydrogens is 384 g/mol. The Labute approximate surface area is 175 Å². The van der Waals surface area contributed by atoms with Crippen LogP contribution in [0.1, 0.15) is 43.5 Å². The topological polar surface area (TPSA) is 123 Å². The van der Waals surface area contributed by atoms with Gasteiger partial charge in [-0.15, -0.1) is 0 Å². The van der Waals surface area contributed by atoms with E-state index in [0.29, 0.717) is 6.54 Å². The average Bonchev–Trinajstić information content (AvgIpc) is 3.37. The molecule has 158 valence electrons. The minimum Gasteiger partial charge on any atom is -0.457 e. The van der Waals surface area contributed by atoms with E-state index >= 15 is 0 Å². The van der Waals surface area contributed by atoms with Crippen molar-refractivity contribution in [1.29, 1.82) is 0 Å². The smallest absolute Gasteiger partial charge is 0.311 e. The van der Waals surface area contributed by atoms with Crippen LogP contribution in [0.25, 0.3) is 0 Å². The first-order valence-corrected chi connectivity index (χ1v) is 10.3. The van der Waals surface area contributed by atoms with Crippen LogP contribution in [0.5, 0.6) is 0 Å². The summed E-state index contributed by atoms with van der Waals surface area (Å²) in [6.45, 7) is 2.31. The molecule has 4 rings (SSSR count). The fraction of sp³-hybridized carbons (Fsp3) is 0.476. The van der Waals surface area contributed by atoms with Crippen LogP contribution >= 0.6 is 0 Å². The Morgan fingerprint density at radius 1 is 1.20 bits per heavy atom. The molecule has 1 aliphatic heterocycles. The third-order valence-electron chi connectivity index (χ3n) is 5.61. The predicted molar refractivity (Wildman–Crippen MR) is 111 cm³/mol. The molecule has 2 aromatic rings. The summed E-state index contributed by atoms with van der Waals surface area (Å²) in [5.41, 5.74) is 7.73. The molecular formula is C21H26N6O3. The van der Waals surface area contributed by atoms with Gasteiger partial charge in [-0.25, -0.2) is 0 Å². The highest BCUT2D eigenvalue weighted by Crippen LogP contribution is 2.30. The highest BCUT2D eigenvalue weighted by molar-refractivity contribution is 5.87. The van der Waals surface area contributed by atoms with E-state index in [4.69, 9.17) is 10.5 Å². The second-order valence-corrected chi connectivity index (χ2v) is 7.92. The molecule has 9 heteroatoms. The number of nitrogens with one attached hydrogen (secondary N) is 1. The van der Waals surface area contributed by atoms with Crippen LogP contribution in [-0.2, 0) is 20.9 Å². The zero-order valence-electron chi connectivity index (χ0n) is 17.0. The fourth-order valence-electron chi connectivity index (χ4n) is 4.04. The molecule has 9 nitrogen and oxygen atoms in total. The van der Waals surface area contributed by atoms with Crippen molar-refractivity contribution in [3.05, 3.63) is 35.7 Å². The van der Waals surface area contributed by atoms with E-state index in [-0.39, 0.29) is 42.7 Å². The van der Waals surface area contributed by atoms with Gasteiger partial charge in [-0.3, -0.25) is 9.59 Å². The number of esters is 1. The molecule has 0 spiro atoms. The number of hydrogen-bond donors (Lipinski definition) is 2. The van der Waals surface area contributed by atoms with E-state index < -0.39 is 11.9 Å². The maximum Gasteiger partial charge on any atom is 0.311 e. The van der Waals surface area contributed by atoms with Gasteiger partial charge in [0.2, 0.25) is 17.8 Å². The SMILES string of the molecule is Cc1ccc(Nc2nc(N)nc(COC(=O)[C@@H]3CC(=O)N(C4CCCC4)C3)n2)cc1. The number of benzene rings is 1. The number of nitrogen functional groups attached to an aromatic ring is 1.